The van der Waals surface area contributed by atoms with Gasteiger partial charge in [0.15, 0.2) is 11.5 Å². The third kappa shape index (κ3) is 3.76. The Labute approximate surface area is 196 Å². The van der Waals surface area contributed by atoms with Gasteiger partial charge < -0.3 is 9.88 Å². The van der Waals surface area contributed by atoms with E-state index in [1.54, 1.807) is 11.3 Å². The molecule has 0 spiro atoms. The molecular weight excluding hydrogens is 428 g/mol. The lowest BCUT2D eigenvalue weighted by molar-refractivity contribution is 0.530. The molecule has 0 amide bonds. The van der Waals surface area contributed by atoms with Crippen molar-refractivity contribution in [3.63, 3.8) is 0 Å². The van der Waals surface area contributed by atoms with E-state index in [0.717, 1.165) is 44.6 Å². The van der Waals surface area contributed by atoms with Gasteiger partial charge in [0.05, 0.1) is 22.2 Å². The van der Waals surface area contributed by atoms with Crippen LogP contribution in [0.4, 0.5) is 0 Å². The van der Waals surface area contributed by atoms with Gasteiger partial charge in [-0.05, 0) is 54.3 Å². The van der Waals surface area contributed by atoms with E-state index in [-0.39, 0.29) is 0 Å². The Morgan fingerprint density at radius 3 is 2.64 bits per heavy atom. The molecule has 164 valence electrons. The molecule has 0 unspecified atom stereocenters. The molecule has 0 bridgehead atoms. The second-order valence-electron chi connectivity index (χ2n) is 7.84. The summed E-state index contributed by atoms with van der Waals surface area (Å²) in [5.74, 6) is 0.697. The number of likely N-dealkylation sites (N-methyl/N-ethyl adjacent to an activating group) is 1. The first kappa shape index (κ1) is 20.9. The van der Waals surface area contributed by atoms with Crippen LogP contribution < -0.4 is 0 Å². The Balaban J connectivity index is 1.62. The van der Waals surface area contributed by atoms with Crippen molar-refractivity contribution < 1.29 is 0 Å². The van der Waals surface area contributed by atoms with Gasteiger partial charge in [-0.25, -0.2) is 9.97 Å². The minimum Gasteiger partial charge on any atom is -0.378 e. The van der Waals surface area contributed by atoms with Crippen LogP contribution in [0.5, 0.6) is 0 Å². The van der Waals surface area contributed by atoms with Gasteiger partial charge in [-0.3, -0.25) is 5.10 Å². The molecule has 0 saturated carbocycles. The summed E-state index contributed by atoms with van der Waals surface area (Å²) in [6, 6.07) is 14.4. The number of benzene rings is 1. The highest BCUT2D eigenvalue weighted by Crippen LogP contribution is 2.33. The predicted molar refractivity (Wildman–Crippen MR) is 138 cm³/mol. The highest BCUT2D eigenvalue weighted by molar-refractivity contribution is 7.13. The van der Waals surface area contributed by atoms with E-state index in [1.165, 1.54) is 4.88 Å². The summed E-state index contributed by atoms with van der Waals surface area (Å²) >= 11 is 1.71. The second-order valence-corrected chi connectivity index (χ2v) is 8.79. The van der Waals surface area contributed by atoms with Gasteiger partial charge in [0.2, 0.25) is 0 Å². The number of pyridine rings is 1. The van der Waals surface area contributed by atoms with E-state index in [9.17, 15) is 0 Å². The average Bonchev–Trinajstić information content (AvgIpc) is 3.57. The Hall–Kier alpha value is -3.97. The fourth-order valence-electron chi connectivity index (χ4n) is 3.83. The fourth-order valence-corrected chi connectivity index (χ4v) is 4.59. The third-order valence-electron chi connectivity index (χ3n) is 5.57. The minimum absolute atomic E-state index is 0.697. The summed E-state index contributed by atoms with van der Waals surface area (Å²) in [5, 5.41) is 9.72. The first-order valence-electron chi connectivity index (χ1n) is 10.6. The highest BCUT2D eigenvalue weighted by atomic mass is 32.1. The molecule has 0 aliphatic rings. The minimum atomic E-state index is 0.697. The van der Waals surface area contributed by atoms with Gasteiger partial charge in [0.1, 0.15) is 5.52 Å². The van der Waals surface area contributed by atoms with Crippen LogP contribution in [0, 0.1) is 0 Å². The number of hydrogen-bond donors (Lipinski definition) is 2. The Morgan fingerprint density at radius 1 is 1.03 bits per heavy atom. The summed E-state index contributed by atoms with van der Waals surface area (Å²) in [7, 11) is 4.00. The van der Waals surface area contributed by atoms with Gasteiger partial charge in [0.25, 0.3) is 0 Å². The van der Waals surface area contributed by atoms with Crippen molar-refractivity contribution in [2.75, 3.05) is 14.1 Å². The quantitative estimate of drug-likeness (QED) is 0.298. The first-order chi connectivity index (χ1) is 16.1. The Bertz CT molecular complexity index is 1520. The maximum atomic E-state index is 4.95. The second kappa shape index (κ2) is 8.52. The number of nitrogens with zero attached hydrogens (tertiary/aromatic N) is 4. The van der Waals surface area contributed by atoms with Crippen LogP contribution in [0.2, 0.25) is 0 Å². The molecule has 0 aliphatic carbocycles. The average molecular weight is 453 g/mol. The normalized spacial score (nSPS) is 12.6. The van der Waals surface area contributed by atoms with Gasteiger partial charge in [-0.1, -0.05) is 30.9 Å². The van der Waals surface area contributed by atoms with Crippen molar-refractivity contribution in [2.45, 2.75) is 6.92 Å². The van der Waals surface area contributed by atoms with Crippen molar-refractivity contribution in [2.24, 2.45) is 0 Å². The molecule has 0 aliphatic heterocycles. The van der Waals surface area contributed by atoms with E-state index in [0.29, 0.717) is 11.5 Å². The largest absolute Gasteiger partial charge is 0.378 e. The van der Waals surface area contributed by atoms with Crippen LogP contribution in [0.1, 0.15) is 12.6 Å². The molecule has 4 heterocycles. The number of rotatable bonds is 6. The molecule has 5 rings (SSSR count). The number of nitrogens with one attached hydrogen (secondary N) is 2. The molecular formula is C26H24N6S. The van der Waals surface area contributed by atoms with Crippen LogP contribution in [-0.2, 0) is 0 Å². The number of para-hydroxylation sites is 1. The summed E-state index contributed by atoms with van der Waals surface area (Å²) in [5.41, 5.74) is 8.25. The number of H-pyrrole nitrogens is 2. The first-order valence-corrected chi connectivity index (χ1v) is 11.5. The van der Waals surface area contributed by atoms with Gasteiger partial charge in [-0.2, -0.15) is 5.10 Å². The lowest BCUT2D eigenvalue weighted by Gasteiger charge is -2.14. The van der Waals surface area contributed by atoms with Gasteiger partial charge >= 0.3 is 0 Å². The zero-order valence-electron chi connectivity index (χ0n) is 18.8. The van der Waals surface area contributed by atoms with Gasteiger partial charge in [-0.15, -0.1) is 11.3 Å². The molecule has 2 N–H and O–H groups in total. The molecule has 33 heavy (non-hydrogen) atoms. The Kier molecular flexibility index (Phi) is 5.40. The van der Waals surface area contributed by atoms with Crippen molar-refractivity contribution in [3.05, 3.63) is 84.0 Å². The number of hydrogen-bond acceptors (Lipinski definition) is 5. The van der Waals surface area contributed by atoms with Crippen molar-refractivity contribution in [1.82, 2.24) is 30.0 Å². The molecule has 5 aromatic rings. The zero-order chi connectivity index (χ0) is 22.9. The lowest BCUT2D eigenvalue weighted by Crippen LogP contribution is -2.09. The third-order valence-corrected chi connectivity index (χ3v) is 6.47. The maximum absolute atomic E-state index is 4.95. The number of thiophene rings is 1. The summed E-state index contributed by atoms with van der Waals surface area (Å²) in [6.07, 6.45) is 5.97. The van der Waals surface area contributed by atoms with E-state index in [4.69, 9.17) is 9.97 Å². The van der Waals surface area contributed by atoms with Crippen LogP contribution in [0.25, 0.3) is 49.6 Å². The van der Waals surface area contributed by atoms with E-state index in [1.807, 2.05) is 56.3 Å². The molecule has 4 aromatic heterocycles. The SMILES string of the molecule is C=C/C(=C\C(=C/C)c1ccc2[nH]nc(-c3nc4c(-c5cccs5)cccc4[nH]3)c2n1)N(C)C. The predicted octanol–water partition coefficient (Wildman–Crippen LogP) is 6.26. The van der Waals surface area contributed by atoms with E-state index in [2.05, 4.69) is 57.5 Å². The number of aromatic nitrogens is 5. The highest BCUT2D eigenvalue weighted by Gasteiger charge is 2.17. The summed E-state index contributed by atoms with van der Waals surface area (Å²) in [6.45, 7) is 5.93. The number of aromatic amines is 2. The number of allylic oxidation sites excluding steroid dienone is 4. The smallest absolute Gasteiger partial charge is 0.161 e. The molecule has 1 aromatic carbocycles. The number of fused-ring (bicyclic) bond motifs is 2. The molecule has 0 atom stereocenters. The standard InChI is InChI=1S/C26H24N6S/c1-5-16(15-17(6-2)32(3)4)19-12-13-21-24(27-19)25(31-30-21)26-28-20-10-7-9-18(23(20)29-26)22-11-8-14-33-22/h5-15H,2H2,1,3-4H3,(H,28,29)(H,30,31)/b16-5+,17-15+. The monoisotopic (exact) mass is 452 g/mol. The van der Waals surface area contributed by atoms with E-state index < -0.39 is 0 Å². The summed E-state index contributed by atoms with van der Waals surface area (Å²) < 4.78 is 0. The number of imidazole rings is 1. The maximum Gasteiger partial charge on any atom is 0.161 e. The summed E-state index contributed by atoms with van der Waals surface area (Å²) in [4.78, 5) is 16.5. The molecule has 0 fully saturated rings. The lowest BCUT2D eigenvalue weighted by atomic mass is 10.1. The molecule has 7 heteroatoms. The molecule has 0 radical (unpaired) electrons. The molecule has 6 nitrogen and oxygen atoms in total. The van der Waals surface area contributed by atoms with Crippen LogP contribution in [0.15, 0.2) is 78.3 Å². The zero-order valence-corrected chi connectivity index (χ0v) is 19.6. The van der Waals surface area contributed by atoms with E-state index >= 15 is 0 Å². The van der Waals surface area contributed by atoms with Crippen molar-refractivity contribution in [1.29, 1.82) is 0 Å². The fraction of sp³-hybridized carbons (Fsp3) is 0.115. The van der Waals surface area contributed by atoms with Gasteiger partial charge in [0, 0.05) is 30.2 Å². The Morgan fingerprint density at radius 2 is 1.91 bits per heavy atom. The van der Waals surface area contributed by atoms with Crippen LogP contribution in [0.3, 0.4) is 0 Å². The van der Waals surface area contributed by atoms with Crippen LogP contribution in [-0.4, -0.2) is 44.1 Å². The molecule has 0 saturated heterocycles. The van der Waals surface area contributed by atoms with Crippen molar-refractivity contribution >= 4 is 39.0 Å². The van der Waals surface area contributed by atoms with Crippen molar-refractivity contribution in [3.8, 4) is 22.0 Å². The van der Waals surface area contributed by atoms with Crippen LogP contribution >= 0.6 is 11.3 Å². The topological polar surface area (TPSA) is 73.5 Å².